The number of hydrogen-bond donors (Lipinski definition) is 4. The molecule has 3 amide bonds. The van der Waals surface area contributed by atoms with E-state index in [-0.39, 0.29) is 11.8 Å². The van der Waals surface area contributed by atoms with Crippen LogP contribution in [0.1, 0.15) is 6.42 Å². The van der Waals surface area contributed by atoms with Crippen LogP contribution in [0.4, 0.5) is 19.3 Å². The van der Waals surface area contributed by atoms with Gasteiger partial charge in [-0.3, -0.25) is 10.2 Å². The number of nitrogens with one attached hydrogen (secondary N) is 4. The summed E-state index contributed by atoms with van der Waals surface area (Å²) >= 11 is 0. The van der Waals surface area contributed by atoms with E-state index in [2.05, 4.69) is 21.5 Å². The third-order valence-corrected chi connectivity index (χ3v) is 3.99. The average Bonchev–Trinajstić information content (AvgIpc) is 3.17. The fourth-order valence-corrected chi connectivity index (χ4v) is 2.73. The molecule has 7 nitrogen and oxygen atoms in total. The van der Waals surface area contributed by atoms with Gasteiger partial charge in [0.1, 0.15) is 0 Å². The van der Waals surface area contributed by atoms with E-state index >= 15 is 0 Å². The third-order valence-electron chi connectivity index (χ3n) is 3.99. The molecule has 0 saturated carbocycles. The zero-order chi connectivity index (χ0) is 16.4. The van der Waals surface area contributed by atoms with Gasteiger partial charge in [0, 0.05) is 31.4 Å². The first-order chi connectivity index (χ1) is 11.0. The van der Waals surface area contributed by atoms with Crippen LogP contribution in [0, 0.1) is 17.6 Å². The second-order valence-corrected chi connectivity index (χ2v) is 5.62. The fraction of sp³-hybridized carbons (Fsp3) is 0.429. The highest BCUT2D eigenvalue weighted by atomic mass is 19.2. The lowest BCUT2D eigenvalue weighted by Gasteiger charge is -2.19. The van der Waals surface area contributed by atoms with Crippen LogP contribution in [0.3, 0.4) is 0 Å². The summed E-state index contributed by atoms with van der Waals surface area (Å²) in [6, 6.07) is 3.39. The summed E-state index contributed by atoms with van der Waals surface area (Å²) in [5.74, 6) is -1.85. The Hall–Kier alpha value is -2.42. The van der Waals surface area contributed by atoms with E-state index in [0.29, 0.717) is 25.3 Å². The maximum atomic E-state index is 13.3. The summed E-state index contributed by atoms with van der Waals surface area (Å²) in [6.45, 7) is 1.81. The second-order valence-electron chi connectivity index (χ2n) is 5.62. The monoisotopic (exact) mass is 325 g/mol. The van der Waals surface area contributed by atoms with Crippen molar-refractivity contribution >= 4 is 17.6 Å². The van der Waals surface area contributed by atoms with E-state index in [1.165, 1.54) is 6.07 Å². The van der Waals surface area contributed by atoms with Crippen molar-refractivity contribution in [2.45, 2.75) is 12.6 Å². The lowest BCUT2D eigenvalue weighted by molar-refractivity contribution is -0.123. The maximum absolute atomic E-state index is 13.3. The Morgan fingerprint density at radius 3 is 2.87 bits per heavy atom. The molecule has 2 aliphatic rings. The molecule has 0 bridgehead atoms. The van der Waals surface area contributed by atoms with Crippen molar-refractivity contribution in [3.8, 4) is 0 Å². The van der Waals surface area contributed by atoms with Gasteiger partial charge in [-0.25, -0.2) is 19.0 Å². The van der Waals surface area contributed by atoms with Crippen LogP contribution in [0.15, 0.2) is 18.2 Å². The fourth-order valence-electron chi connectivity index (χ4n) is 2.73. The number of anilines is 1. The highest BCUT2D eigenvalue weighted by Gasteiger charge is 2.28. The number of amides is 3. The van der Waals surface area contributed by atoms with Crippen LogP contribution in [-0.2, 0) is 4.79 Å². The van der Waals surface area contributed by atoms with Gasteiger partial charge in [-0.1, -0.05) is 0 Å². The Morgan fingerprint density at radius 1 is 1.35 bits per heavy atom. The molecule has 2 fully saturated rings. The van der Waals surface area contributed by atoms with E-state index in [0.717, 1.165) is 12.5 Å². The van der Waals surface area contributed by atoms with Crippen LogP contribution in [0.25, 0.3) is 0 Å². The Morgan fingerprint density at radius 2 is 2.17 bits per heavy atom. The molecule has 2 heterocycles. The molecule has 2 aliphatic heterocycles. The third kappa shape index (κ3) is 3.50. The molecule has 2 atom stereocenters. The summed E-state index contributed by atoms with van der Waals surface area (Å²) in [5, 5.41) is 5.18. The van der Waals surface area contributed by atoms with Crippen molar-refractivity contribution in [2.24, 2.45) is 5.92 Å². The Balaban J connectivity index is 1.49. The Bertz CT molecular complexity index is 627. The molecular formula is C14H17F2N5O2. The molecule has 0 aliphatic carbocycles. The lowest BCUT2D eigenvalue weighted by Crippen LogP contribution is -2.49. The number of rotatable bonds is 4. The lowest BCUT2D eigenvalue weighted by atomic mass is 10.1. The standard InChI is InChI=1S/C14H17F2N5O2/c15-10-2-1-9(5-11(10)16)21-4-3-8(7-21)6-17-13(22)12-18-14(23)20-19-12/h1-2,5,8,12,19H,3-4,6-7H2,(H,17,22)(H2,18,20,23). The maximum Gasteiger partial charge on any atom is 0.330 e. The molecule has 0 spiro atoms. The Labute approximate surface area is 131 Å². The van der Waals surface area contributed by atoms with Gasteiger partial charge in [0.05, 0.1) is 0 Å². The molecule has 23 heavy (non-hydrogen) atoms. The summed E-state index contributed by atoms with van der Waals surface area (Å²) in [7, 11) is 0. The predicted molar refractivity (Wildman–Crippen MR) is 78.3 cm³/mol. The molecular weight excluding hydrogens is 308 g/mol. The van der Waals surface area contributed by atoms with Gasteiger partial charge in [-0.2, -0.15) is 0 Å². The SMILES string of the molecule is O=C1NNC(C(=O)NCC2CCN(c3ccc(F)c(F)c3)C2)N1. The summed E-state index contributed by atoms with van der Waals surface area (Å²) in [4.78, 5) is 24.7. The average molecular weight is 325 g/mol. The molecule has 2 saturated heterocycles. The van der Waals surface area contributed by atoms with E-state index in [1.54, 1.807) is 6.07 Å². The van der Waals surface area contributed by atoms with Crippen molar-refractivity contribution in [1.82, 2.24) is 21.5 Å². The summed E-state index contributed by atoms with van der Waals surface area (Å²) in [6.07, 6.45) is 0.0494. The van der Waals surface area contributed by atoms with E-state index in [4.69, 9.17) is 0 Å². The molecule has 1 aromatic carbocycles. The first-order valence-electron chi connectivity index (χ1n) is 7.32. The smallest absolute Gasteiger partial charge is 0.330 e. The number of hydrazine groups is 1. The van der Waals surface area contributed by atoms with Gasteiger partial charge < -0.3 is 15.5 Å². The largest absolute Gasteiger partial charge is 0.371 e. The molecule has 1 aromatic rings. The number of hydrogen-bond acceptors (Lipinski definition) is 4. The van der Waals surface area contributed by atoms with Crippen LogP contribution >= 0.6 is 0 Å². The van der Waals surface area contributed by atoms with Crippen LogP contribution in [-0.4, -0.2) is 37.7 Å². The van der Waals surface area contributed by atoms with Crippen molar-refractivity contribution in [2.75, 3.05) is 24.5 Å². The zero-order valence-electron chi connectivity index (χ0n) is 12.2. The topological polar surface area (TPSA) is 85.5 Å². The first-order valence-corrected chi connectivity index (χ1v) is 7.32. The molecule has 0 aromatic heterocycles. The predicted octanol–water partition coefficient (Wildman–Crippen LogP) is 0.0508. The van der Waals surface area contributed by atoms with Gasteiger partial charge in [0.25, 0.3) is 5.91 Å². The van der Waals surface area contributed by atoms with Crippen LogP contribution in [0.2, 0.25) is 0 Å². The minimum absolute atomic E-state index is 0.206. The quantitative estimate of drug-likeness (QED) is 0.630. The highest BCUT2D eigenvalue weighted by molar-refractivity contribution is 5.88. The van der Waals surface area contributed by atoms with Gasteiger partial charge >= 0.3 is 6.03 Å². The summed E-state index contributed by atoms with van der Waals surface area (Å²) in [5.41, 5.74) is 5.43. The van der Waals surface area contributed by atoms with Crippen LogP contribution < -0.4 is 26.4 Å². The zero-order valence-corrected chi connectivity index (χ0v) is 12.2. The van der Waals surface area contributed by atoms with Gasteiger partial charge in [-0.05, 0) is 24.5 Å². The first kappa shape index (κ1) is 15.5. The number of urea groups is 1. The van der Waals surface area contributed by atoms with E-state index in [1.807, 2.05) is 4.90 Å². The van der Waals surface area contributed by atoms with Gasteiger partial charge in [0.2, 0.25) is 0 Å². The number of carbonyl (C=O) groups is 2. The molecule has 0 radical (unpaired) electrons. The number of benzene rings is 1. The van der Waals surface area contributed by atoms with Crippen molar-refractivity contribution in [3.63, 3.8) is 0 Å². The number of halogens is 2. The Kier molecular flexibility index (Phi) is 4.28. The summed E-state index contributed by atoms with van der Waals surface area (Å²) < 4.78 is 26.2. The second kappa shape index (κ2) is 6.37. The molecule has 124 valence electrons. The highest BCUT2D eigenvalue weighted by Crippen LogP contribution is 2.24. The minimum Gasteiger partial charge on any atom is -0.371 e. The van der Waals surface area contributed by atoms with Crippen molar-refractivity contribution in [3.05, 3.63) is 29.8 Å². The molecule has 9 heteroatoms. The molecule has 4 N–H and O–H groups in total. The molecule has 3 rings (SSSR count). The number of carbonyl (C=O) groups excluding carboxylic acids is 2. The molecule has 2 unspecified atom stereocenters. The number of nitrogens with zero attached hydrogens (tertiary/aromatic N) is 1. The minimum atomic E-state index is -0.866. The van der Waals surface area contributed by atoms with Gasteiger partial charge in [-0.15, -0.1) is 0 Å². The van der Waals surface area contributed by atoms with Crippen molar-refractivity contribution in [1.29, 1.82) is 0 Å². The normalized spacial score (nSPS) is 23.6. The van der Waals surface area contributed by atoms with Gasteiger partial charge in [0.15, 0.2) is 17.8 Å². The van der Waals surface area contributed by atoms with E-state index < -0.39 is 23.8 Å². The van der Waals surface area contributed by atoms with E-state index in [9.17, 15) is 18.4 Å². The van der Waals surface area contributed by atoms with Crippen LogP contribution in [0.5, 0.6) is 0 Å². The van der Waals surface area contributed by atoms with Crippen molar-refractivity contribution < 1.29 is 18.4 Å².